The molecule has 0 aliphatic carbocycles. The highest BCUT2D eigenvalue weighted by Crippen LogP contribution is 2.29. The highest BCUT2D eigenvalue weighted by atomic mass is 16.2. The first-order valence-corrected chi connectivity index (χ1v) is 6.06. The quantitative estimate of drug-likeness (QED) is 0.565. The largest absolute Gasteiger partial charge is 0.315 e. The molecule has 3 saturated heterocycles. The summed E-state index contributed by atoms with van der Waals surface area (Å²) in [6.45, 7) is 2.97. The highest BCUT2D eigenvalue weighted by Gasteiger charge is 2.43. The lowest BCUT2D eigenvalue weighted by atomic mass is 9.90. The predicted octanol–water partition coefficient (Wildman–Crippen LogP) is -0.915. The molecule has 0 aromatic carbocycles. The van der Waals surface area contributed by atoms with Gasteiger partial charge >= 0.3 is 0 Å². The number of likely N-dealkylation sites (tertiary alicyclic amines) is 1. The van der Waals surface area contributed by atoms with Crippen molar-refractivity contribution in [1.29, 1.82) is 0 Å². The first-order valence-electron chi connectivity index (χ1n) is 6.06. The Morgan fingerprint density at radius 1 is 1.25 bits per heavy atom. The molecular weight excluding hydrogens is 206 g/mol. The van der Waals surface area contributed by atoms with Crippen molar-refractivity contribution in [2.75, 3.05) is 19.6 Å². The Bertz CT molecular complexity index is 331. The summed E-state index contributed by atoms with van der Waals surface area (Å²) in [4.78, 5) is 25.1. The van der Waals surface area contributed by atoms with E-state index in [1.54, 1.807) is 0 Å². The third-order valence-electron chi connectivity index (χ3n) is 4.07. The van der Waals surface area contributed by atoms with E-state index in [-0.39, 0.29) is 17.9 Å². The number of fused-ring (bicyclic) bond motifs is 1. The van der Waals surface area contributed by atoms with Crippen molar-refractivity contribution in [3.8, 4) is 0 Å². The number of imide groups is 1. The first-order chi connectivity index (χ1) is 7.75. The van der Waals surface area contributed by atoms with Gasteiger partial charge in [0.25, 0.3) is 0 Å². The number of hydrogen-bond acceptors (Lipinski definition) is 4. The Labute approximate surface area is 94.6 Å². The predicted molar refractivity (Wildman–Crippen MR) is 57.6 cm³/mol. The number of carbonyl (C=O) groups is 2. The molecule has 0 saturated carbocycles. The molecule has 0 aromatic heterocycles. The molecule has 3 fully saturated rings. The third kappa shape index (κ3) is 1.55. The number of amides is 2. The van der Waals surface area contributed by atoms with E-state index in [1.807, 2.05) is 0 Å². The summed E-state index contributed by atoms with van der Waals surface area (Å²) in [5.74, 6) is 0.442. The molecule has 2 amide bonds. The molecule has 16 heavy (non-hydrogen) atoms. The Kier molecular flexibility index (Phi) is 2.44. The molecule has 3 aliphatic heterocycles. The van der Waals surface area contributed by atoms with Gasteiger partial charge in [0.2, 0.25) is 11.8 Å². The maximum absolute atomic E-state index is 11.7. The van der Waals surface area contributed by atoms with Crippen LogP contribution in [0.3, 0.4) is 0 Å². The first kappa shape index (κ1) is 10.2. The Morgan fingerprint density at radius 2 is 2.12 bits per heavy atom. The Morgan fingerprint density at radius 3 is 2.88 bits per heavy atom. The van der Waals surface area contributed by atoms with Crippen LogP contribution in [0.2, 0.25) is 0 Å². The number of nitrogens with one attached hydrogen (secondary N) is 2. The van der Waals surface area contributed by atoms with Gasteiger partial charge in [0.1, 0.15) is 0 Å². The number of piperidine rings is 1. The van der Waals surface area contributed by atoms with Crippen LogP contribution >= 0.6 is 0 Å². The van der Waals surface area contributed by atoms with Crippen LogP contribution in [0, 0.1) is 5.92 Å². The summed E-state index contributed by atoms with van der Waals surface area (Å²) in [5.41, 5.74) is 0. The molecule has 2 N–H and O–H groups in total. The molecule has 0 aromatic rings. The van der Waals surface area contributed by atoms with Crippen molar-refractivity contribution in [2.24, 2.45) is 5.92 Å². The van der Waals surface area contributed by atoms with Crippen molar-refractivity contribution in [1.82, 2.24) is 15.5 Å². The molecule has 3 heterocycles. The maximum atomic E-state index is 11.7. The van der Waals surface area contributed by atoms with E-state index in [2.05, 4.69) is 15.5 Å². The van der Waals surface area contributed by atoms with Gasteiger partial charge in [-0.2, -0.15) is 0 Å². The summed E-state index contributed by atoms with van der Waals surface area (Å²) in [7, 11) is 0. The van der Waals surface area contributed by atoms with Gasteiger partial charge in [0, 0.05) is 12.6 Å². The lowest BCUT2D eigenvalue weighted by Crippen LogP contribution is -2.52. The van der Waals surface area contributed by atoms with Crippen LogP contribution in [0.4, 0.5) is 0 Å². The SMILES string of the molecule is O=C1CC(N2CCCC3CNCC32)C(=O)N1. The Hall–Kier alpha value is -0.940. The van der Waals surface area contributed by atoms with Crippen LogP contribution in [0.15, 0.2) is 0 Å². The van der Waals surface area contributed by atoms with E-state index in [4.69, 9.17) is 0 Å². The second-order valence-electron chi connectivity index (χ2n) is 5.00. The fourth-order valence-corrected chi connectivity index (χ4v) is 3.30. The minimum absolute atomic E-state index is 0.0995. The van der Waals surface area contributed by atoms with E-state index >= 15 is 0 Å². The van der Waals surface area contributed by atoms with Crippen LogP contribution in [-0.2, 0) is 9.59 Å². The third-order valence-corrected chi connectivity index (χ3v) is 4.07. The average molecular weight is 223 g/mol. The molecule has 0 radical (unpaired) electrons. The summed E-state index contributed by atoms with van der Waals surface area (Å²) in [5, 5.41) is 5.79. The summed E-state index contributed by atoms with van der Waals surface area (Å²) in [6, 6.07) is 0.246. The molecule has 5 nitrogen and oxygen atoms in total. The van der Waals surface area contributed by atoms with Gasteiger partial charge < -0.3 is 5.32 Å². The van der Waals surface area contributed by atoms with Crippen molar-refractivity contribution >= 4 is 11.8 Å². The maximum Gasteiger partial charge on any atom is 0.244 e. The molecule has 0 bridgehead atoms. The van der Waals surface area contributed by atoms with E-state index in [9.17, 15) is 9.59 Å². The van der Waals surface area contributed by atoms with Crippen LogP contribution in [0.25, 0.3) is 0 Å². The van der Waals surface area contributed by atoms with Gasteiger partial charge in [-0.3, -0.25) is 19.8 Å². The van der Waals surface area contributed by atoms with Gasteiger partial charge in [-0.1, -0.05) is 0 Å². The van der Waals surface area contributed by atoms with Gasteiger partial charge in [0.05, 0.1) is 12.5 Å². The van der Waals surface area contributed by atoms with Gasteiger partial charge in [-0.15, -0.1) is 0 Å². The molecule has 3 rings (SSSR count). The average Bonchev–Trinajstić information content (AvgIpc) is 2.84. The van der Waals surface area contributed by atoms with Crippen molar-refractivity contribution in [3.05, 3.63) is 0 Å². The zero-order chi connectivity index (χ0) is 11.1. The summed E-state index contributed by atoms with van der Waals surface area (Å²) < 4.78 is 0. The minimum atomic E-state index is -0.208. The fraction of sp³-hybridized carbons (Fsp3) is 0.818. The lowest BCUT2D eigenvalue weighted by Gasteiger charge is -2.39. The molecule has 3 unspecified atom stereocenters. The lowest BCUT2D eigenvalue weighted by molar-refractivity contribution is -0.127. The minimum Gasteiger partial charge on any atom is -0.315 e. The highest BCUT2D eigenvalue weighted by molar-refractivity contribution is 6.05. The van der Waals surface area contributed by atoms with Gasteiger partial charge in [-0.05, 0) is 31.8 Å². The number of rotatable bonds is 1. The van der Waals surface area contributed by atoms with E-state index in [0.717, 1.165) is 26.1 Å². The van der Waals surface area contributed by atoms with Gasteiger partial charge in [0.15, 0.2) is 0 Å². The van der Waals surface area contributed by atoms with E-state index in [1.165, 1.54) is 6.42 Å². The molecule has 3 atom stereocenters. The summed E-state index contributed by atoms with van der Waals surface area (Å²) in [6.07, 6.45) is 2.74. The molecule has 0 spiro atoms. The normalized spacial score (nSPS) is 39.9. The Balaban J connectivity index is 1.78. The topological polar surface area (TPSA) is 61.4 Å². The fourth-order valence-electron chi connectivity index (χ4n) is 3.30. The molecular formula is C11H17N3O2. The molecule has 3 aliphatic rings. The van der Waals surface area contributed by atoms with E-state index in [0.29, 0.717) is 18.4 Å². The van der Waals surface area contributed by atoms with Crippen molar-refractivity contribution in [2.45, 2.75) is 31.3 Å². The number of nitrogens with zero attached hydrogens (tertiary/aromatic N) is 1. The smallest absolute Gasteiger partial charge is 0.244 e. The van der Waals surface area contributed by atoms with Crippen LogP contribution in [0.1, 0.15) is 19.3 Å². The molecule has 5 heteroatoms. The summed E-state index contributed by atoms with van der Waals surface area (Å²) >= 11 is 0. The van der Waals surface area contributed by atoms with E-state index < -0.39 is 0 Å². The standard InChI is InChI=1S/C11H17N3O2/c15-10-4-8(11(16)13-10)14-3-1-2-7-5-12-6-9(7)14/h7-9,12H,1-6H2,(H,13,15,16). The van der Waals surface area contributed by atoms with Crippen LogP contribution in [-0.4, -0.2) is 48.4 Å². The zero-order valence-electron chi connectivity index (χ0n) is 9.24. The van der Waals surface area contributed by atoms with Gasteiger partial charge in [-0.25, -0.2) is 0 Å². The monoisotopic (exact) mass is 223 g/mol. The second kappa shape index (κ2) is 3.82. The number of hydrogen-bond donors (Lipinski definition) is 2. The second-order valence-corrected chi connectivity index (χ2v) is 5.00. The van der Waals surface area contributed by atoms with Crippen LogP contribution < -0.4 is 10.6 Å². The van der Waals surface area contributed by atoms with Crippen molar-refractivity contribution in [3.63, 3.8) is 0 Å². The number of carbonyl (C=O) groups excluding carboxylic acids is 2. The zero-order valence-corrected chi connectivity index (χ0v) is 9.24. The molecule has 88 valence electrons. The van der Waals surface area contributed by atoms with Crippen LogP contribution in [0.5, 0.6) is 0 Å². The van der Waals surface area contributed by atoms with Crippen molar-refractivity contribution < 1.29 is 9.59 Å².